The zero-order valence-corrected chi connectivity index (χ0v) is 16.5. The van der Waals surface area contributed by atoms with Crippen LogP contribution in [0, 0.1) is 25.7 Å². The van der Waals surface area contributed by atoms with Crippen molar-refractivity contribution in [1.29, 1.82) is 0 Å². The summed E-state index contributed by atoms with van der Waals surface area (Å²) in [5.41, 5.74) is 0.932. The molecule has 1 aromatic rings. The Labute approximate surface area is 167 Å². The third-order valence-electron chi connectivity index (χ3n) is 5.74. The first-order chi connectivity index (χ1) is 13.7. The van der Waals surface area contributed by atoms with Crippen LogP contribution in [0.5, 0.6) is 0 Å². The first kappa shape index (κ1) is 19.3. The molecule has 0 N–H and O–H groups in total. The maximum absolute atomic E-state index is 13.4. The number of nitrogens with zero attached hydrogens (tertiary/aromatic N) is 1. The van der Waals surface area contributed by atoms with E-state index in [2.05, 4.69) is 0 Å². The molecule has 0 aliphatic carbocycles. The fourth-order valence-electron chi connectivity index (χ4n) is 4.34. The number of hydrogen-bond donors (Lipinski definition) is 0. The summed E-state index contributed by atoms with van der Waals surface area (Å²) >= 11 is 0. The minimum Gasteiger partial charge on any atom is -0.422 e. The molecule has 3 aliphatic heterocycles. The van der Waals surface area contributed by atoms with E-state index in [0.717, 1.165) is 16.0 Å². The summed E-state index contributed by atoms with van der Waals surface area (Å²) in [6.45, 7) is 6.17. The lowest BCUT2D eigenvalue weighted by molar-refractivity contribution is -0.226. The Morgan fingerprint density at radius 2 is 1.72 bits per heavy atom. The van der Waals surface area contributed by atoms with Crippen LogP contribution in [-0.2, 0) is 33.4 Å². The second kappa shape index (κ2) is 6.52. The molecular weight excluding hydrogens is 378 g/mol. The van der Waals surface area contributed by atoms with Crippen molar-refractivity contribution in [3.8, 4) is 0 Å². The van der Waals surface area contributed by atoms with Crippen molar-refractivity contribution in [3.63, 3.8) is 0 Å². The number of rotatable bonds is 4. The SMILES string of the molecule is CC(=O)OC(OC(C)=O)[C@@]12C=C[C@H](O1)[C@@H]1C(=O)N(c3ccc(C)c(C)c3)C(=O)[C@@H]12. The van der Waals surface area contributed by atoms with Crippen LogP contribution in [0.2, 0.25) is 0 Å². The van der Waals surface area contributed by atoms with Crippen molar-refractivity contribution in [2.75, 3.05) is 4.90 Å². The fraction of sp³-hybridized carbons (Fsp3) is 0.429. The van der Waals surface area contributed by atoms with Gasteiger partial charge < -0.3 is 14.2 Å². The van der Waals surface area contributed by atoms with E-state index >= 15 is 0 Å². The summed E-state index contributed by atoms with van der Waals surface area (Å²) in [4.78, 5) is 50.9. The highest BCUT2D eigenvalue weighted by molar-refractivity contribution is 6.23. The molecule has 3 aliphatic rings. The number of hydrogen-bond acceptors (Lipinski definition) is 7. The number of imide groups is 1. The molecule has 8 nitrogen and oxygen atoms in total. The van der Waals surface area contributed by atoms with Gasteiger partial charge in [0.1, 0.15) is 0 Å². The molecule has 0 spiro atoms. The average molecular weight is 399 g/mol. The Morgan fingerprint density at radius 3 is 2.31 bits per heavy atom. The number of benzene rings is 1. The monoisotopic (exact) mass is 399 g/mol. The molecule has 1 aromatic carbocycles. The predicted octanol–water partition coefficient (Wildman–Crippen LogP) is 1.57. The van der Waals surface area contributed by atoms with E-state index in [-0.39, 0.29) is 5.91 Å². The summed E-state index contributed by atoms with van der Waals surface area (Å²) in [5.74, 6) is -3.99. The second-order valence-corrected chi connectivity index (χ2v) is 7.63. The lowest BCUT2D eigenvalue weighted by Gasteiger charge is -2.34. The maximum Gasteiger partial charge on any atom is 0.305 e. The van der Waals surface area contributed by atoms with Gasteiger partial charge in [-0.15, -0.1) is 0 Å². The molecule has 2 fully saturated rings. The highest BCUT2D eigenvalue weighted by atomic mass is 16.7. The number of amides is 2. The van der Waals surface area contributed by atoms with Crippen LogP contribution in [0.15, 0.2) is 30.4 Å². The number of aryl methyl sites for hydroxylation is 2. The summed E-state index contributed by atoms with van der Waals surface area (Å²) in [6, 6.07) is 5.35. The summed E-state index contributed by atoms with van der Waals surface area (Å²) in [7, 11) is 0. The number of carbonyl (C=O) groups is 4. The molecule has 152 valence electrons. The lowest BCUT2D eigenvalue weighted by Crippen LogP contribution is -2.52. The molecule has 0 unspecified atom stereocenters. The predicted molar refractivity (Wildman–Crippen MR) is 99.5 cm³/mol. The zero-order valence-electron chi connectivity index (χ0n) is 16.5. The van der Waals surface area contributed by atoms with Gasteiger partial charge in [0.25, 0.3) is 6.29 Å². The number of esters is 2. The molecule has 8 heteroatoms. The van der Waals surface area contributed by atoms with E-state index in [4.69, 9.17) is 14.2 Å². The topological polar surface area (TPSA) is 99.2 Å². The minimum atomic E-state index is -1.53. The third kappa shape index (κ3) is 2.78. The molecular formula is C21H21NO7. The smallest absolute Gasteiger partial charge is 0.305 e. The molecule has 0 saturated carbocycles. The van der Waals surface area contributed by atoms with E-state index in [1.54, 1.807) is 24.3 Å². The van der Waals surface area contributed by atoms with Crippen molar-refractivity contribution in [3.05, 3.63) is 41.5 Å². The molecule has 4 rings (SSSR count). The molecule has 29 heavy (non-hydrogen) atoms. The summed E-state index contributed by atoms with van der Waals surface area (Å²) < 4.78 is 16.3. The van der Waals surface area contributed by atoms with E-state index in [1.807, 2.05) is 19.9 Å². The first-order valence-electron chi connectivity index (χ1n) is 9.32. The van der Waals surface area contributed by atoms with Crippen LogP contribution in [0.25, 0.3) is 0 Å². The Bertz CT molecular complexity index is 952. The number of anilines is 1. The van der Waals surface area contributed by atoms with Crippen LogP contribution in [0.4, 0.5) is 5.69 Å². The summed E-state index contributed by atoms with van der Waals surface area (Å²) in [6.07, 6.45) is 1.08. The van der Waals surface area contributed by atoms with E-state index in [0.29, 0.717) is 5.69 Å². The van der Waals surface area contributed by atoms with Crippen molar-refractivity contribution < 1.29 is 33.4 Å². The van der Waals surface area contributed by atoms with Crippen molar-refractivity contribution in [2.24, 2.45) is 11.8 Å². The van der Waals surface area contributed by atoms with Crippen LogP contribution < -0.4 is 4.90 Å². The van der Waals surface area contributed by atoms with Crippen molar-refractivity contribution in [2.45, 2.75) is 45.7 Å². The minimum absolute atomic E-state index is 0.385. The van der Waals surface area contributed by atoms with Gasteiger partial charge in [-0.25, -0.2) is 4.90 Å². The normalized spacial score (nSPS) is 29.6. The summed E-state index contributed by atoms with van der Waals surface area (Å²) in [5, 5.41) is 0. The lowest BCUT2D eigenvalue weighted by atomic mass is 9.76. The Kier molecular flexibility index (Phi) is 4.34. The highest BCUT2D eigenvalue weighted by Crippen LogP contribution is 2.54. The number of ether oxygens (including phenoxy) is 3. The van der Waals surface area contributed by atoms with Gasteiger partial charge in [0.2, 0.25) is 11.8 Å². The zero-order chi connectivity index (χ0) is 21.1. The molecule has 3 heterocycles. The first-order valence-corrected chi connectivity index (χ1v) is 9.32. The second-order valence-electron chi connectivity index (χ2n) is 7.63. The maximum atomic E-state index is 13.4. The van der Waals surface area contributed by atoms with Crippen molar-refractivity contribution >= 4 is 29.4 Å². The largest absolute Gasteiger partial charge is 0.422 e. The molecule has 0 radical (unpaired) electrons. The molecule has 0 aromatic heterocycles. The van der Waals surface area contributed by atoms with Gasteiger partial charge in [0, 0.05) is 13.8 Å². The Morgan fingerprint density at radius 1 is 1.07 bits per heavy atom. The van der Waals surface area contributed by atoms with Gasteiger partial charge in [-0.3, -0.25) is 19.2 Å². The van der Waals surface area contributed by atoms with Crippen LogP contribution in [0.1, 0.15) is 25.0 Å². The highest BCUT2D eigenvalue weighted by Gasteiger charge is 2.72. The number of fused-ring (bicyclic) bond motifs is 5. The van der Waals surface area contributed by atoms with Gasteiger partial charge in [0.05, 0.1) is 23.6 Å². The Balaban J connectivity index is 1.75. The molecule has 2 bridgehead atoms. The van der Waals surface area contributed by atoms with E-state index < -0.39 is 47.7 Å². The fourth-order valence-corrected chi connectivity index (χ4v) is 4.34. The number of carbonyl (C=O) groups excluding carboxylic acids is 4. The Hall–Kier alpha value is -3.00. The molecule has 4 atom stereocenters. The van der Waals surface area contributed by atoms with Gasteiger partial charge in [-0.2, -0.15) is 0 Å². The average Bonchev–Trinajstić information content (AvgIpc) is 3.28. The van der Waals surface area contributed by atoms with Gasteiger partial charge >= 0.3 is 11.9 Å². The third-order valence-corrected chi connectivity index (χ3v) is 5.74. The van der Waals surface area contributed by atoms with E-state index in [9.17, 15) is 19.2 Å². The standard InChI is InChI=1S/C21H21NO7/c1-10-5-6-14(9-11(10)2)22-18(25)16-15-7-8-21(29-15,17(16)19(22)26)20(27-12(3)23)28-13(4)24/h5-9,15-17,20H,1-4H3/t15-,16-,17+,21-/m0/s1. The van der Waals surface area contributed by atoms with E-state index in [1.165, 1.54) is 13.8 Å². The molecule has 2 amide bonds. The van der Waals surface area contributed by atoms with Crippen LogP contribution in [-0.4, -0.2) is 41.7 Å². The van der Waals surface area contributed by atoms with Crippen molar-refractivity contribution in [1.82, 2.24) is 0 Å². The van der Waals surface area contributed by atoms with Crippen LogP contribution in [0.3, 0.4) is 0 Å². The van der Waals surface area contributed by atoms with Gasteiger partial charge in [0.15, 0.2) is 5.60 Å². The van der Waals surface area contributed by atoms with Gasteiger partial charge in [-0.05, 0) is 43.2 Å². The van der Waals surface area contributed by atoms with Gasteiger partial charge in [-0.1, -0.05) is 12.1 Å². The molecule has 2 saturated heterocycles. The quantitative estimate of drug-likeness (QED) is 0.328. The van der Waals surface area contributed by atoms with Crippen LogP contribution >= 0.6 is 0 Å².